The minimum atomic E-state index is -0.491. The van der Waals surface area contributed by atoms with E-state index in [9.17, 15) is 14.4 Å². The first kappa shape index (κ1) is 18.8. The third-order valence-electron chi connectivity index (χ3n) is 6.18. The Balaban J connectivity index is 1.63. The maximum atomic E-state index is 13.1. The van der Waals surface area contributed by atoms with Gasteiger partial charge in [0.15, 0.2) is 0 Å². The Hall–Kier alpha value is -3.25. The molecule has 0 fully saturated rings. The summed E-state index contributed by atoms with van der Waals surface area (Å²) in [6.07, 6.45) is 0.579. The molecule has 5 rings (SSSR count). The van der Waals surface area contributed by atoms with Crippen molar-refractivity contribution in [3.05, 3.63) is 58.3 Å². The van der Waals surface area contributed by atoms with Gasteiger partial charge in [-0.05, 0) is 35.7 Å². The fourth-order valence-corrected chi connectivity index (χ4v) is 4.53. The molecule has 30 heavy (non-hydrogen) atoms. The van der Waals surface area contributed by atoms with Crippen LogP contribution in [0.1, 0.15) is 37.6 Å². The topological polar surface area (TPSA) is 70.8 Å². The number of rotatable bonds is 2. The summed E-state index contributed by atoms with van der Waals surface area (Å²) in [4.78, 5) is 41.9. The Bertz CT molecular complexity index is 1250. The lowest BCUT2D eigenvalue weighted by molar-refractivity contribution is -0.130. The molecule has 6 nitrogen and oxygen atoms in total. The SMILES string of the molecule is Cc1cccc2c3c(ccc12)-c1oc2c(c1C(=O)C3=O)CCN(CC(=O)N(C)C)C2. The molecule has 3 aromatic rings. The molecule has 0 saturated carbocycles. The van der Waals surface area contributed by atoms with Crippen molar-refractivity contribution in [2.45, 2.75) is 19.9 Å². The quantitative estimate of drug-likeness (QED) is 0.616. The molecular formula is C24H22N2O4. The van der Waals surface area contributed by atoms with Gasteiger partial charge in [-0.25, -0.2) is 0 Å². The first-order valence-corrected chi connectivity index (χ1v) is 10.1. The molecule has 1 aromatic heterocycles. The summed E-state index contributed by atoms with van der Waals surface area (Å²) in [5, 5.41) is 1.75. The van der Waals surface area contributed by atoms with Crippen LogP contribution in [0.15, 0.2) is 34.7 Å². The van der Waals surface area contributed by atoms with Crippen LogP contribution in [0.4, 0.5) is 0 Å². The van der Waals surface area contributed by atoms with E-state index in [0.717, 1.165) is 21.9 Å². The smallest absolute Gasteiger partial charge is 0.237 e. The van der Waals surface area contributed by atoms with E-state index in [1.165, 1.54) is 0 Å². The average Bonchev–Trinajstić information content (AvgIpc) is 3.10. The maximum absolute atomic E-state index is 13.1. The van der Waals surface area contributed by atoms with Crippen molar-refractivity contribution in [1.82, 2.24) is 9.80 Å². The number of fused-ring (bicyclic) bond motifs is 7. The van der Waals surface area contributed by atoms with Gasteiger partial charge in [0.2, 0.25) is 17.5 Å². The second-order valence-electron chi connectivity index (χ2n) is 8.27. The zero-order valence-electron chi connectivity index (χ0n) is 17.2. The van der Waals surface area contributed by atoms with Crippen LogP contribution in [0, 0.1) is 6.92 Å². The lowest BCUT2D eigenvalue weighted by Crippen LogP contribution is -2.39. The number of nitrogens with zero attached hydrogens (tertiary/aromatic N) is 2. The van der Waals surface area contributed by atoms with Crippen molar-refractivity contribution < 1.29 is 18.8 Å². The summed E-state index contributed by atoms with van der Waals surface area (Å²) in [5.41, 5.74) is 3.39. The Labute approximate surface area is 174 Å². The summed E-state index contributed by atoms with van der Waals surface area (Å²) < 4.78 is 6.19. The number of carbonyl (C=O) groups is 3. The highest BCUT2D eigenvalue weighted by molar-refractivity contribution is 6.54. The lowest BCUT2D eigenvalue weighted by atomic mass is 9.82. The Morgan fingerprint density at radius 1 is 1.07 bits per heavy atom. The van der Waals surface area contributed by atoms with Crippen molar-refractivity contribution in [1.29, 1.82) is 0 Å². The van der Waals surface area contributed by atoms with Gasteiger partial charge in [0, 0.05) is 37.3 Å². The van der Waals surface area contributed by atoms with E-state index >= 15 is 0 Å². The van der Waals surface area contributed by atoms with E-state index in [4.69, 9.17) is 4.42 Å². The normalized spacial score (nSPS) is 15.7. The Kier molecular flexibility index (Phi) is 4.15. The molecule has 1 aliphatic heterocycles. The van der Waals surface area contributed by atoms with E-state index in [2.05, 4.69) is 0 Å². The highest BCUT2D eigenvalue weighted by Crippen LogP contribution is 2.43. The predicted octanol–water partition coefficient (Wildman–Crippen LogP) is 3.23. The highest BCUT2D eigenvalue weighted by atomic mass is 16.3. The number of hydrogen-bond acceptors (Lipinski definition) is 5. The van der Waals surface area contributed by atoms with E-state index in [1.807, 2.05) is 42.2 Å². The average molecular weight is 402 g/mol. The van der Waals surface area contributed by atoms with Crippen molar-refractivity contribution in [2.24, 2.45) is 0 Å². The van der Waals surface area contributed by atoms with Crippen molar-refractivity contribution in [3.8, 4) is 11.3 Å². The molecule has 6 heteroatoms. The zero-order chi connectivity index (χ0) is 21.2. The molecule has 1 amide bonds. The molecule has 0 N–H and O–H groups in total. The number of aryl methyl sites for hydroxylation is 1. The number of likely N-dealkylation sites (N-methyl/N-ethyl adjacent to an activating group) is 1. The molecule has 0 atom stereocenters. The molecule has 1 aliphatic carbocycles. The molecule has 0 bridgehead atoms. The fraction of sp³-hybridized carbons (Fsp3) is 0.292. The first-order chi connectivity index (χ1) is 14.4. The number of furan rings is 1. The van der Waals surface area contributed by atoms with E-state index < -0.39 is 11.6 Å². The van der Waals surface area contributed by atoms with Gasteiger partial charge < -0.3 is 9.32 Å². The van der Waals surface area contributed by atoms with Crippen LogP contribution in [0.25, 0.3) is 22.1 Å². The largest absolute Gasteiger partial charge is 0.459 e. The first-order valence-electron chi connectivity index (χ1n) is 10.1. The van der Waals surface area contributed by atoms with Gasteiger partial charge in [-0.15, -0.1) is 0 Å². The van der Waals surface area contributed by atoms with Crippen molar-refractivity contribution >= 4 is 28.2 Å². The zero-order valence-corrected chi connectivity index (χ0v) is 17.2. The van der Waals surface area contributed by atoms with Crippen LogP contribution in [-0.4, -0.2) is 54.5 Å². The molecule has 0 unspecified atom stereocenters. The van der Waals surface area contributed by atoms with Crippen LogP contribution in [0.3, 0.4) is 0 Å². The van der Waals surface area contributed by atoms with Gasteiger partial charge >= 0.3 is 0 Å². The van der Waals surface area contributed by atoms with E-state index in [1.54, 1.807) is 19.0 Å². The molecular weight excluding hydrogens is 380 g/mol. The van der Waals surface area contributed by atoms with Gasteiger partial charge in [-0.3, -0.25) is 19.3 Å². The number of ketones is 2. The fourth-order valence-electron chi connectivity index (χ4n) is 4.53. The van der Waals surface area contributed by atoms with E-state index in [-0.39, 0.29) is 5.91 Å². The van der Waals surface area contributed by atoms with Crippen LogP contribution in [0.5, 0.6) is 0 Å². The number of Topliss-reactive ketones (excluding diaryl/α,β-unsaturated/α-hetero) is 2. The van der Waals surface area contributed by atoms with Gasteiger partial charge in [0.05, 0.1) is 18.7 Å². The van der Waals surface area contributed by atoms with Gasteiger partial charge in [-0.2, -0.15) is 0 Å². The van der Waals surface area contributed by atoms with Gasteiger partial charge in [0.25, 0.3) is 0 Å². The number of benzene rings is 2. The Morgan fingerprint density at radius 2 is 1.83 bits per heavy atom. The lowest BCUT2D eigenvalue weighted by Gasteiger charge is -2.26. The predicted molar refractivity (Wildman–Crippen MR) is 113 cm³/mol. The molecule has 2 heterocycles. The number of amides is 1. The Morgan fingerprint density at radius 3 is 2.60 bits per heavy atom. The van der Waals surface area contributed by atoms with Crippen LogP contribution < -0.4 is 0 Å². The monoisotopic (exact) mass is 402 g/mol. The minimum Gasteiger partial charge on any atom is -0.459 e. The summed E-state index contributed by atoms with van der Waals surface area (Å²) in [5.74, 6) is 0.227. The summed E-state index contributed by atoms with van der Waals surface area (Å²) >= 11 is 0. The molecule has 0 spiro atoms. The van der Waals surface area contributed by atoms with E-state index in [0.29, 0.717) is 54.3 Å². The third-order valence-corrected chi connectivity index (χ3v) is 6.18. The molecule has 2 aliphatic rings. The van der Waals surface area contributed by atoms with Gasteiger partial charge in [-0.1, -0.05) is 24.3 Å². The highest BCUT2D eigenvalue weighted by Gasteiger charge is 2.39. The summed E-state index contributed by atoms with van der Waals surface area (Å²) in [7, 11) is 3.47. The summed E-state index contributed by atoms with van der Waals surface area (Å²) in [6, 6.07) is 9.65. The molecule has 152 valence electrons. The maximum Gasteiger partial charge on any atom is 0.237 e. The second kappa shape index (κ2) is 6.64. The molecule has 2 aromatic carbocycles. The second-order valence-corrected chi connectivity index (χ2v) is 8.27. The molecule has 0 saturated heterocycles. The number of hydrogen-bond donors (Lipinski definition) is 0. The third kappa shape index (κ3) is 2.64. The van der Waals surface area contributed by atoms with Crippen LogP contribution in [0.2, 0.25) is 0 Å². The molecule has 0 radical (unpaired) electrons. The van der Waals surface area contributed by atoms with Crippen molar-refractivity contribution in [2.75, 3.05) is 27.2 Å². The van der Waals surface area contributed by atoms with Crippen molar-refractivity contribution in [3.63, 3.8) is 0 Å². The standard InChI is InChI=1S/C24H22N2O4/c1-13-5-4-6-15-14(13)7-8-17-20(15)22(28)23(29)21-16-9-10-26(12-19(27)25(2)3)11-18(16)30-24(17)21/h4-8H,9-12H2,1-3H3. The van der Waals surface area contributed by atoms with Gasteiger partial charge in [0.1, 0.15) is 11.5 Å². The minimum absolute atomic E-state index is 0.0215. The van der Waals surface area contributed by atoms with Crippen LogP contribution in [-0.2, 0) is 17.8 Å². The van der Waals surface area contributed by atoms with Crippen LogP contribution >= 0.6 is 0 Å². The summed E-state index contributed by atoms with van der Waals surface area (Å²) in [6.45, 7) is 3.38. The number of carbonyl (C=O) groups excluding carboxylic acids is 3.